The summed E-state index contributed by atoms with van der Waals surface area (Å²) in [4.78, 5) is 39.8. The first-order chi connectivity index (χ1) is 32.4. The van der Waals surface area contributed by atoms with Gasteiger partial charge >= 0.3 is 11.9 Å². The zero-order valence-corrected chi connectivity index (χ0v) is 42.1. The van der Waals surface area contributed by atoms with Crippen molar-refractivity contribution >= 4 is 23.4 Å². The number of anilines is 1. The molecule has 10 nitrogen and oxygen atoms in total. The fraction of sp³-hybridized carbons (Fsp3) is 0.741. The van der Waals surface area contributed by atoms with Gasteiger partial charge < -0.3 is 35.4 Å². The Hall–Kier alpha value is -3.49. The number of rotatable bonds is 14. The molecule has 8 aliphatic carbocycles. The predicted octanol–water partition coefficient (Wildman–Crippen LogP) is 9.55. The van der Waals surface area contributed by atoms with Crippen molar-refractivity contribution in [3.63, 3.8) is 0 Å². The normalized spacial score (nSPS) is 40.8. The summed E-state index contributed by atoms with van der Waals surface area (Å²) in [5.41, 5.74) is 10.7. The molecule has 0 bridgehead atoms. The molecular formula is C58H82N2O8. The molecular weight excluding hydrogens is 853 g/mol. The van der Waals surface area contributed by atoms with Gasteiger partial charge in [0.15, 0.2) is 0 Å². The van der Waals surface area contributed by atoms with Crippen molar-refractivity contribution in [1.29, 1.82) is 0 Å². The number of carbonyl (C=O) groups excluding carboxylic acids is 2. The second kappa shape index (κ2) is 19.3. The number of esters is 1. The van der Waals surface area contributed by atoms with Gasteiger partial charge in [0.2, 0.25) is 0 Å². The van der Waals surface area contributed by atoms with Crippen LogP contribution < -0.4 is 10.6 Å². The molecule has 1 aromatic rings. The summed E-state index contributed by atoms with van der Waals surface area (Å²) in [5, 5.41) is 33.9. The monoisotopic (exact) mass is 935 g/mol. The Kier molecular flexibility index (Phi) is 14.0. The van der Waals surface area contributed by atoms with Crippen molar-refractivity contribution in [3.05, 3.63) is 52.6 Å². The highest BCUT2D eigenvalue weighted by Crippen LogP contribution is 2.70. The zero-order chi connectivity index (χ0) is 48.3. The summed E-state index contributed by atoms with van der Waals surface area (Å²) < 4.78 is 13.3. The molecule has 10 heteroatoms. The average molecular weight is 935 g/mol. The first kappa shape index (κ1) is 49.5. The Bertz CT molecular complexity index is 2210. The number of carboxylic acid groups (broad SMARTS) is 1. The van der Waals surface area contributed by atoms with Crippen molar-refractivity contribution in [2.45, 2.75) is 180 Å². The maximum atomic E-state index is 13.4. The SMILES string of the molecule is CC#C[C@]1(O)CCC2C3CC=C4CC(=O)CCC4=C3[C@@H](c3ccc(N(C)CCO[C@H]4CC[C@@]5(C)[C@@H](C4)C[C@@H](OC(=O)CCCN)[C@@H]4[C@@H]5C[C@H](O)[C@]5(C)[C@@H]([C@H](C)CCC(=O)O)CC[C@@H]45)cc3)C[C@@]21C. The summed E-state index contributed by atoms with van der Waals surface area (Å²) in [6.45, 7) is 12.8. The fourth-order valence-corrected chi connectivity index (χ4v) is 17.1. The minimum atomic E-state index is -1.01. The largest absolute Gasteiger partial charge is 0.481 e. The summed E-state index contributed by atoms with van der Waals surface area (Å²) in [6, 6.07) is 9.08. The van der Waals surface area contributed by atoms with Crippen LogP contribution in [-0.4, -0.2) is 83.7 Å². The van der Waals surface area contributed by atoms with Gasteiger partial charge in [0, 0.05) is 62.2 Å². The minimum Gasteiger partial charge on any atom is -0.481 e. The molecule has 0 aromatic heterocycles. The van der Waals surface area contributed by atoms with Crippen LogP contribution in [0, 0.1) is 75.4 Å². The third-order valence-corrected chi connectivity index (χ3v) is 20.9. The number of carbonyl (C=O) groups is 3. The Balaban J connectivity index is 0.871. The number of nitrogens with zero attached hydrogens (tertiary/aromatic N) is 1. The van der Waals surface area contributed by atoms with E-state index in [0.29, 0.717) is 81.6 Å². The lowest BCUT2D eigenvalue weighted by Gasteiger charge is -2.64. The highest BCUT2D eigenvalue weighted by atomic mass is 16.5. The zero-order valence-electron chi connectivity index (χ0n) is 42.1. The molecule has 8 aliphatic rings. The predicted molar refractivity (Wildman–Crippen MR) is 264 cm³/mol. The van der Waals surface area contributed by atoms with Crippen molar-refractivity contribution in [2.75, 3.05) is 31.6 Å². The van der Waals surface area contributed by atoms with E-state index >= 15 is 0 Å². The smallest absolute Gasteiger partial charge is 0.306 e. The lowest BCUT2D eigenvalue weighted by atomic mass is 9.43. The molecule has 0 saturated heterocycles. The van der Waals surface area contributed by atoms with E-state index < -0.39 is 17.7 Å². The van der Waals surface area contributed by atoms with Crippen molar-refractivity contribution in [2.24, 2.45) is 69.3 Å². The number of benzene rings is 1. The summed E-state index contributed by atoms with van der Waals surface area (Å²) >= 11 is 0. The Labute approximate surface area is 406 Å². The fourth-order valence-electron chi connectivity index (χ4n) is 17.1. The molecule has 9 rings (SSSR count). The number of hydrogen-bond donors (Lipinski definition) is 4. The van der Waals surface area contributed by atoms with Crippen LogP contribution in [0.3, 0.4) is 0 Å². The number of hydrogen-bond acceptors (Lipinski definition) is 9. The quantitative estimate of drug-likeness (QED) is 0.105. The number of nitrogens with two attached hydrogens (primary N) is 1. The third kappa shape index (κ3) is 8.53. The molecule has 372 valence electrons. The van der Waals surface area contributed by atoms with E-state index in [1.165, 1.54) is 22.3 Å². The molecule has 1 aromatic carbocycles. The Morgan fingerprint density at radius 3 is 2.50 bits per heavy atom. The second-order valence-electron chi connectivity index (χ2n) is 23.9. The van der Waals surface area contributed by atoms with Gasteiger partial charge in [-0.2, -0.15) is 0 Å². The molecule has 2 unspecified atom stereocenters. The lowest BCUT2D eigenvalue weighted by Crippen LogP contribution is -2.63. The van der Waals surface area contributed by atoms with Gasteiger partial charge in [-0.05, 0) is 184 Å². The standard InChI is InChI=1S/C58H82N2O8/c1-7-24-58(66)26-23-46-43-17-13-37-30-40(61)16-18-42(37)53(43)44(34-56(46,58)4)36-11-14-39(15-12-36)60(6)28-29-67-41-22-25-55(3)38(31-41)32-49(68-52(65)9-8-27-59)54-47-20-19-45(35(2)10-21-51(63)64)57(47,5)50(62)33-48(54)55/h11-15,35,38,41,43-50,54,62,66H,8-10,16-23,25-34,59H2,1-6H3,(H,63,64)/t35-,38+,41+,43?,44-,45-,46?,47+,48+,49-,50+,54+,55+,56+,57-,58+/m1/s1. The molecule has 5 N–H and O–H groups in total. The highest BCUT2D eigenvalue weighted by Gasteiger charge is 2.67. The van der Waals surface area contributed by atoms with Gasteiger partial charge in [-0.1, -0.05) is 57.4 Å². The van der Waals surface area contributed by atoms with E-state index in [0.717, 1.165) is 76.4 Å². The van der Waals surface area contributed by atoms with Crippen LogP contribution in [-0.2, 0) is 23.9 Å². The topological polar surface area (TPSA) is 160 Å². The number of ketones is 1. The first-order valence-corrected chi connectivity index (χ1v) is 26.8. The van der Waals surface area contributed by atoms with Crippen LogP contribution in [0.1, 0.15) is 162 Å². The van der Waals surface area contributed by atoms with Crippen LogP contribution in [0.4, 0.5) is 5.69 Å². The van der Waals surface area contributed by atoms with E-state index in [2.05, 4.69) is 81.8 Å². The number of aliphatic hydroxyl groups excluding tert-OH is 1. The summed E-state index contributed by atoms with van der Waals surface area (Å²) in [7, 11) is 2.13. The summed E-state index contributed by atoms with van der Waals surface area (Å²) in [6.07, 6.45) is 15.2. The van der Waals surface area contributed by atoms with E-state index in [1.54, 1.807) is 0 Å². The van der Waals surface area contributed by atoms with Gasteiger partial charge in [-0.25, -0.2) is 0 Å². The van der Waals surface area contributed by atoms with Crippen molar-refractivity contribution < 1.29 is 39.2 Å². The number of aliphatic hydroxyl groups is 2. The average Bonchev–Trinajstić information content (AvgIpc) is 3.81. The lowest BCUT2D eigenvalue weighted by molar-refractivity contribution is -0.218. The Morgan fingerprint density at radius 2 is 1.76 bits per heavy atom. The molecule has 7 fully saturated rings. The number of Topliss-reactive ketones (excluding diaryl/α,β-unsaturated/α-hetero) is 1. The van der Waals surface area contributed by atoms with Gasteiger partial charge in [0.05, 0.1) is 18.8 Å². The molecule has 0 aliphatic heterocycles. The van der Waals surface area contributed by atoms with Crippen LogP contribution in [0.5, 0.6) is 0 Å². The highest BCUT2D eigenvalue weighted by molar-refractivity contribution is 5.84. The second-order valence-corrected chi connectivity index (χ2v) is 23.9. The number of aliphatic carboxylic acids is 1. The maximum absolute atomic E-state index is 13.4. The molecule has 0 amide bonds. The number of allylic oxidation sites excluding steroid dienone is 4. The van der Waals surface area contributed by atoms with E-state index in [9.17, 15) is 29.7 Å². The summed E-state index contributed by atoms with van der Waals surface area (Å²) in [5.74, 6) is 7.95. The number of likely N-dealkylation sites (N-methyl/N-ethyl adjacent to an activating group) is 1. The number of carboxylic acids is 1. The van der Waals surface area contributed by atoms with E-state index in [4.69, 9.17) is 15.2 Å². The number of fused-ring (bicyclic) bond motifs is 9. The van der Waals surface area contributed by atoms with Crippen LogP contribution >= 0.6 is 0 Å². The van der Waals surface area contributed by atoms with Crippen molar-refractivity contribution in [1.82, 2.24) is 0 Å². The molecule has 16 atom stereocenters. The maximum Gasteiger partial charge on any atom is 0.306 e. The number of ether oxygens (including phenoxy) is 2. The van der Waals surface area contributed by atoms with E-state index in [1.807, 2.05) is 6.92 Å². The van der Waals surface area contributed by atoms with Crippen LogP contribution in [0.2, 0.25) is 0 Å². The van der Waals surface area contributed by atoms with E-state index in [-0.39, 0.29) is 76.4 Å². The Morgan fingerprint density at radius 1 is 0.985 bits per heavy atom. The third-order valence-electron chi connectivity index (χ3n) is 20.9. The molecule has 0 radical (unpaired) electrons. The molecule has 0 heterocycles. The first-order valence-electron chi connectivity index (χ1n) is 26.8. The van der Waals surface area contributed by atoms with Crippen molar-refractivity contribution in [3.8, 4) is 11.8 Å². The van der Waals surface area contributed by atoms with Gasteiger partial charge in [-0.3, -0.25) is 14.4 Å². The molecule has 68 heavy (non-hydrogen) atoms. The van der Waals surface area contributed by atoms with Gasteiger partial charge in [0.25, 0.3) is 0 Å². The minimum absolute atomic E-state index is 0.00421. The van der Waals surface area contributed by atoms with Crippen LogP contribution in [0.15, 0.2) is 47.1 Å². The van der Waals surface area contributed by atoms with Crippen LogP contribution in [0.25, 0.3) is 0 Å². The van der Waals surface area contributed by atoms with Gasteiger partial charge in [0.1, 0.15) is 17.5 Å². The molecule has 7 saturated carbocycles. The molecule has 0 spiro atoms. The van der Waals surface area contributed by atoms with Gasteiger partial charge in [-0.15, -0.1) is 5.92 Å².